The van der Waals surface area contributed by atoms with Crippen molar-refractivity contribution in [2.24, 2.45) is 5.92 Å². The molecule has 1 unspecified atom stereocenters. The van der Waals surface area contributed by atoms with E-state index in [0.29, 0.717) is 11.7 Å². The lowest BCUT2D eigenvalue weighted by Gasteiger charge is -2.29. The van der Waals surface area contributed by atoms with Crippen molar-refractivity contribution >= 4 is 5.97 Å². The number of ether oxygens (including phenoxy) is 2. The third kappa shape index (κ3) is 3.41. The molecule has 0 spiro atoms. The lowest BCUT2D eigenvalue weighted by molar-refractivity contribution is -0.140. The molecule has 4 rings (SSSR count). The Hall–Kier alpha value is -2.29. The lowest BCUT2D eigenvalue weighted by Crippen LogP contribution is -2.37. The van der Waals surface area contributed by atoms with Gasteiger partial charge in [0.15, 0.2) is 0 Å². The van der Waals surface area contributed by atoms with Crippen molar-refractivity contribution < 1.29 is 14.3 Å². The van der Waals surface area contributed by atoms with Crippen LogP contribution in [0.3, 0.4) is 0 Å². The SMILES string of the molecule is CC(CC1CC1)(C(=O)Oc1ccccc1)c1ccc2c(c1)OCCC2. The van der Waals surface area contributed by atoms with Crippen LogP contribution in [-0.4, -0.2) is 12.6 Å². The topological polar surface area (TPSA) is 35.5 Å². The summed E-state index contributed by atoms with van der Waals surface area (Å²) < 4.78 is 11.6. The molecule has 1 saturated carbocycles. The second-order valence-electron chi connectivity index (χ2n) is 7.46. The second kappa shape index (κ2) is 6.55. The van der Waals surface area contributed by atoms with Crippen molar-refractivity contribution in [2.75, 3.05) is 6.61 Å². The highest BCUT2D eigenvalue weighted by Gasteiger charge is 2.42. The van der Waals surface area contributed by atoms with Gasteiger partial charge in [0.25, 0.3) is 0 Å². The van der Waals surface area contributed by atoms with Crippen molar-refractivity contribution in [1.29, 1.82) is 0 Å². The molecule has 1 aliphatic carbocycles. The van der Waals surface area contributed by atoms with E-state index in [2.05, 4.69) is 18.2 Å². The molecule has 1 fully saturated rings. The van der Waals surface area contributed by atoms with E-state index < -0.39 is 5.41 Å². The van der Waals surface area contributed by atoms with Gasteiger partial charge < -0.3 is 9.47 Å². The molecule has 0 bridgehead atoms. The van der Waals surface area contributed by atoms with Gasteiger partial charge in [-0.3, -0.25) is 4.79 Å². The van der Waals surface area contributed by atoms with E-state index >= 15 is 0 Å². The summed E-state index contributed by atoms with van der Waals surface area (Å²) in [5, 5.41) is 0. The van der Waals surface area contributed by atoms with Crippen LogP contribution in [0.5, 0.6) is 11.5 Å². The number of para-hydroxylation sites is 1. The van der Waals surface area contributed by atoms with Gasteiger partial charge >= 0.3 is 5.97 Å². The molecule has 2 aromatic carbocycles. The van der Waals surface area contributed by atoms with E-state index in [0.717, 1.165) is 37.2 Å². The fraction of sp³-hybridized carbons (Fsp3) is 0.409. The van der Waals surface area contributed by atoms with Crippen LogP contribution in [0.25, 0.3) is 0 Å². The van der Waals surface area contributed by atoms with Gasteiger partial charge in [-0.1, -0.05) is 43.2 Å². The average Bonchev–Trinajstić information content (AvgIpc) is 3.46. The molecule has 25 heavy (non-hydrogen) atoms. The van der Waals surface area contributed by atoms with Gasteiger partial charge in [-0.2, -0.15) is 0 Å². The van der Waals surface area contributed by atoms with Gasteiger partial charge in [0.1, 0.15) is 11.5 Å². The van der Waals surface area contributed by atoms with Gasteiger partial charge in [0.2, 0.25) is 0 Å². The summed E-state index contributed by atoms with van der Waals surface area (Å²) in [5.41, 5.74) is 1.59. The third-order valence-corrected chi connectivity index (χ3v) is 5.35. The Morgan fingerprint density at radius 1 is 1.20 bits per heavy atom. The fourth-order valence-electron chi connectivity index (χ4n) is 3.61. The Morgan fingerprint density at radius 3 is 2.76 bits per heavy atom. The zero-order chi connectivity index (χ0) is 17.3. The number of hydrogen-bond donors (Lipinski definition) is 0. The van der Waals surface area contributed by atoms with E-state index in [4.69, 9.17) is 9.47 Å². The molecule has 2 aromatic rings. The maximum atomic E-state index is 13.1. The minimum Gasteiger partial charge on any atom is -0.493 e. The molecule has 0 saturated heterocycles. The molecule has 3 heteroatoms. The number of carbonyl (C=O) groups excluding carboxylic acids is 1. The van der Waals surface area contributed by atoms with Crippen LogP contribution in [0.4, 0.5) is 0 Å². The van der Waals surface area contributed by atoms with Gasteiger partial charge in [0.05, 0.1) is 12.0 Å². The van der Waals surface area contributed by atoms with Gasteiger partial charge in [-0.15, -0.1) is 0 Å². The minimum absolute atomic E-state index is 0.179. The van der Waals surface area contributed by atoms with Gasteiger partial charge in [0, 0.05) is 0 Å². The summed E-state index contributed by atoms with van der Waals surface area (Å²) in [6, 6.07) is 15.6. The van der Waals surface area contributed by atoms with Crippen LogP contribution < -0.4 is 9.47 Å². The Balaban J connectivity index is 1.65. The smallest absolute Gasteiger partial charge is 0.321 e. The monoisotopic (exact) mass is 336 g/mol. The zero-order valence-corrected chi connectivity index (χ0v) is 14.7. The molecule has 0 amide bonds. The summed E-state index contributed by atoms with van der Waals surface area (Å²) in [5.74, 6) is 1.97. The Morgan fingerprint density at radius 2 is 2.00 bits per heavy atom. The fourth-order valence-corrected chi connectivity index (χ4v) is 3.61. The first-order valence-corrected chi connectivity index (χ1v) is 9.19. The number of carbonyl (C=O) groups is 1. The van der Waals surface area contributed by atoms with Crippen LogP contribution in [0, 0.1) is 5.92 Å². The molecule has 1 aliphatic heterocycles. The maximum absolute atomic E-state index is 13.1. The van der Waals surface area contributed by atoms with Crippen molar-refractivity contribution in [1.82, 2.24) is 0 Å². The summed E-state index contributed by atoms with van der Waals surface area (Å²) in [6.45, 7) is 2.77. The van der Waals surface area contributed by atoms with Crippen LogP contribution in [0.15, 0.2) is 48.5 Å². The zero-order valence-electron chi connectivity index (χ0n) is 14.7. The highest BCUT2D eigenvalue weighted by molar-refractivity contribution is 5.85. The molecular formula is C22H24O3. The van der Waals surface area contributed by atoms with Crippen LogP contribution >= 0.6 is 0 Å². The summed E-state index contributed by atoms with van der Waals surface area (Å²) in [6.07, 6.45) is 5.34. The Kier molecular flexibility index (Phi) is 4.24. The highest BCUT2D eigenvalue weighted by atomic mass is 16.5. The molecule has 130 valence electrons. The summed E-state index contributed by atoms with van der Waals surface area (Å²) in [7, 11) is 0. The number of aryl methyl sites for hydroxylation is 1. The van der Waals surface area contributed by atoms with Crippen LogP contribution in [0.1, 0.15) is 43.7 Å². The molecule has 1 atom stereocenters. The highest BCUT2D eigenvalue weighted by Crippen LogP contribution is 2.44. The van der Waals surface area contributed by atoms with Crippen LogP contribution in [-0.2, 0) is 16.6 Å². The quantitative estimate of drug-likeness (QED) is 0.588. The largest absolute Gasteiger partial charge is 0.493 e. The molecule has 1 heterocycles. The number of hydrogen-bond acceptors (Lipinski definition) is 3. The predicted octanol–water partition coefficient (Wildman–Crippen LogP) is 4.68. The first-order chi connectivity index (χ1) is 12.1. The number of benzene rings is 2. The number of fused-ring (bicyclic) bond motifs is 1. The van der Waals surface area contributed by atoms with E-state index in [1.54, 1.807) is 0 Å². The van der Waals surface area contributed by atoms with Gasteiger partial charge in [-0.05, 0) is 61.4 Å². The Bertz CT molecular complexity index is 764. The van der Waals surface area contributed by atoms with Crippen molar-refractivity contribution in [2.45, 2.75) is 44.4 Å². The summed E-state index contributed by atoms with van der Waals surface area (Å²) in [4.78, 5) is 13.1. The normalized spacial score (nSPS) is 18.6. The summed E-state index contributed by atoms with van der Waals surface area (Å²) >= 11 is 0. The maximum Gasteiger partial charge on any atom is 0.321 e. The molecule has 2 aliphatic rings. The molecule has 3 nitrogen and oxygen atoms in total. The van der Waals surface area contributed by atoms with E-state index in [1.165, 1.54) is 18.4 Å². The molecule has 0 aromatic heterocycles. The van der Waals surface area contributed by atoms with Crippen LogP contribution in [0.2, 0.25) is 0 Å². The second-order valence-corrected chi connectivity index (χ2v) is 7.46. The first kappa shape index (κ1) is 16.2. The number of rotatable bonds is 5. The standard InChI is InChI=1S/C22H24O3/c1-22(15-16-9-10-16,21(23)25-19-7-3-2-4-8-19)18-12-11-17-6-5-13-24-20(17)14-18/h2-4,7-8,11-12,14,16H,5-6,9-10,13,15H2,1H3. The first-order valence-electron chi connectivity index (χ1n) is 9.19. The lowest BCUT2D eigenvalue weighted by atomic mass is 9.77. The average molecular weight is 336 g/mol. The van der Waals surface area contributed by atoms with E-state index in [1.807, 2.05) is 37.3 Å². The molecule has 0 N–H and O–H groups in total. The Labute approximate surface area is 149 Å². The van der Waals surface area contributed by atoms with Crippen molar-refractivity contribution in [3.8, 4) is 11.5 Å². The van der Waals surface area contributed by atoms with Gasteiger partial charge in [-0.25, -0.2) is 0 Å². The molecular weight excluding hydrogens is 312 g/mol. The molecule has 0 radical (unpaired) electrons. The number of esters is 1. The van der Waals surface area contributed by atoms with E-state index in [9.17, 15) is 4.79 Å². The van der Waals surface area contributed by atoms with Crippen molar-refractivity contribution in [3.05, 3.63) is 59.7 Å². The third-order valence-electron chi connectivity index (χ3n) is 5.35. The van der Waals surface area contributed by atoms with Crippen molar-refractivity contribution in [3.63, 3.8) is 0 Å². The van der Waals surface area contributed by atoms with E-state index in [-0.39, 0.29) is 5.97 Å². The predicted molar refractivity (Wildman–Crippen MR) is 97.0 cm³/mol. The minimum atomic E-state index is -0.646.